The summed E-state index contributed by atoms with van der Waals surface area (Å²) in [5.41, 5.74) is 4.96. The lowest BCUT2D eigenvalue weighted by molar-refractivity contribution is 0.122. The third kappa shape index (κ3) is 3.41. The summed E-state index contributed by atoms with van der Waals surface area (Å²) in [6.07, 6.45) is 7.85. The second-order valence-corrected chi connectivity index (χ2v) is 9.19. The summed E-state index contributed by atoms with van der Waals surface area (Å²) in [6, 6.07) is 11.1. The smallest absolute Gasteiger partial charge is 0.153 e. The molecule has 3 aliphatic heterocycles. The summed E-state index contributed by atoms with van der Waals surface area (Å²) in [5, 5.41) is 0. The highest BCUT2D eigenvalue weighted by Crippen LogP contribution is 2.41. The van der Waals surface area contributed by atoms with Gasteiger partial charge in [-0.15, -0.1) is 0 Å². The molecule has 3 fully saturated rings. The van der Waals surface area contributed by atoms with Crippen LogP contribution in [-0.4, -0.2) is 61.9 Å². The molecule has 5 heterocycles. The predicted molar refractivity (Wildman–Crippen MR) is 128 cm³/mol. The lowest BCUT2D eigenvalue weighted by Crippen LogP contribution is -2.37. The quantitative estimate of drug-likeness (QED) is 0.632. The van der Waals surface area contributed by atoms with E-state index in [0.29, 0.717) is 0 Å². The number of aromatic nitrogens is 2. The van der Waals surface area contributed by atoms with Crippen molar-refractivity contribution in [3.8, 4) is 0 Å². The zero-order valence-corrected chi connectivity index (χ0v) is 18.4. The maximum atomic E-state index is 5.65. The van der Waals surface area contributed by atoms with Gasteiger partial charge in [0.05, 0.1) is 35.5 Å². The van der Waals surface area contributed by atoms with Crippen molar-refractivity contribution in [2.24, 2.45) is 0 Å². The number of anilines is 3. The number of hydrogen-bond donors (Lipinski definition) is 0. The van der Waals surface area contributed by atoms with Crippen molar-refractivity contribution in [3.05, 3.63) is 30.3 Å². The molecule has 0 amide bonds. The normalized spacial score (nSPS) is 20.7. The van der Waals surface area contributed by atoms with Crippen LogP contribution in [0.1, 0.15) is 38.5 Å². The van der Waals surface area contributed by atoms with Gasteiger partial charge in [0.25, 0.3) is 0 Å². The zero-order valence-electron chi connectivity index (χ0n) is 18.4. The van der Waals surface area contributed by atoms with E-state index in [1.807, 2.05) is 0 Å². The van der Waals surface area contributed by atoms with Gasteiger partial charge in [-0.2, -0.15) is 0 Å². The summed E-state index contributed by atoms with van der Waals surface area (Å²) < 4.78 is 8.18. The van der Waals surface area contributed by atoms with Crippen molar-refractivity contribution in [3.63, 3.8) is 0 Å². The zero-order chi connectivity index (χ0) is 20.6. The number of piperidine rings is 2. The van der Waals surface area contributed by atoms with E-state index in [9.17, 15) is 0 Å². The Morgan fingerprint density at radius 2 is 1.35 bits per heavy atom. The molecule has 3 aromatic rings. The highest BCUT2D eigenvalue weighted by molar-refractivity contribution is 5.93. The number of para-hydroxylation sites is 2. The van der Waals surface area contributed by atoms with E-state index in [1.165, 1.54) is 61.1 Å². The van der Waals surface area contributed by atoms with Gasteiger partial charge in [0.2, 0.25) is 0 Å². The SMILES string of the molecule is c1ccc2c(c1)nc(N1CCOCC1)c1cc(N3CCCCC3)c(N3CCCCC3)n12. The van der Waals surface area contributed by atoms with Gasteiger partial charge in [-0.05, 0) is 56.7 Å². The molecular formula is C25H33N5O. The molecule has 0 aliphatic carbocycles. The molecular weight excluding hydrogens is 386 g/mol. The maximum absolute atomic E-state index is 5.65. The van der Waals surface area contributed by atoms with E-state index < -0.39 is 0 Å². The molecule has 1 aromatic carbocycles. The molecule has 0 atom stereocenters. The number of hydrogen-bond acceptors (Lipinski definition) is 5. The second kappa shape index (κ2) is 8.23. The Morgan fingerprint density at radius 1 is 0.677 bits per heavy atom. The van der Waals surface area contributed by atoms with Crippen molar-refractivity contribution in [1.29, 1.82) is 0 Å². The average molecular weight is 420 g/mol. The first-order valence-electron chi connectivity index (χ1n) is 12.2. The standard InChI is InChI=1S/C25H33N5O/c1-5-11-27(12-6-1)23-19-22-24(28-15-17-31-18-16-28)26-20-9-3-4-10-21(20)30(22)25(23)29-13-7-2-8-14-29/h3-4,9-10,19H,1-2,5-8,11-18H2. The van der Waals surface area contributed by atoms with Crippen LogP contribution in [0.15, 0.2) is 30.3 Å². The molecule has 3 aliphatic rings. The molecule has 3 saturated heterocycles. The minimum atomic E-state index is 0.777. The lowest BCUT2D eigenvalue weighted by atomic mass is 10.1. The fraction of sp³-hybridized carbons (Fsp3) is 0.560. The van der Waals surface area contributed by atoms with E-state index in [-0.39, 0.29) is 0 Å². The van der Waals surface area contributed by atoms with Crippen LogP contribution in [0.3, 0.4) is 0 Å². The van der Waals surface area contributed by atoms with Crippen LogP contribution < -0.4 is 14.7 Å². The van der Waals surface area contributed by atoms with E-state index in [2.05, 4.69) is 49.4 Å². The maximum Gasteiger partial charge on any atom is 0.153 e. The molecule has 6 heteroatoms. The van der Waals surface area contributed by atoms with Crippen LogP contribution >= 0.6 is 0 Å². The summed E-state index contributed by atoms with van der Waals surface area (Å²) in [6.45, 7) is 7.99. The fourth-order valence-corrected chi connectivity index (χ4v) is 5.60. The molecule has 6 rings (SSSR count). The molecule has 0 saturated carbocycles. The van der Waals surface area contributed by atoms with Gasteiger partial charge in [0, 0.05) is 39.3 Å². The average Bonchev–Trinajstić information content (AvgIpc) is 3.26. The summed E-state index contributed by atoms with van der Waals surface area (Å²) >= 11 is 0. The van der Waals surface area contributed by atoms with Crippen molar-refractivity contribution in [2.75, 3.05) is 67.2 Å². The molecule has 0 bridgehead atoms. The summed E-state index contributed by atoms with van der Waals surface area (Å²) in [5.74, 6) is 2.51. The van der Waals surface area contributed by atoms with Gasteiger partial charge >= 0.3 is 0 Å². The molecule has 0 spiro atoms. The Morgan fingerprint density at radius 3 is 2.10 bits per heavy atom. The van der Waals surface area contributed by atoms with Crippen LogP contribution in [0.5, 0.6) is 0 Å². The van der Waals surface area contributed by atoms with Gasteiger partial charge in [-0.3, -0.25) is 4.40 Å². The molecule has 6 nitrogen and oxygen atoms in total. The minimum absolute atomic E-state index is 0.777. The van der Waals surface area contributed by atoms with E-state index in [1.54, 1.807) is 0 Å². The molecule has 0 N–H and O–H groups in total. The summed E-state index contributed by atoms with van der Waals surface area (Å²) in [7, 11) is 0. The largest absolute Gasteiger partial charge is 0.378 e. The first-order chi connectivity index (χ1) is 15.4. The first kappa shape index (κ1) is 19.2. The Hall–Kier alpha value is -2.47. The van der Waals surface area contributed by atoms with Gasteiger partial charge in [0.15, 0.2) is 5.82 Å². The van der Waals surface area contributed by atoms with Gasteiger partial charge < -0.3 is 19.4 Å². The Labute approximate surface area is 184 Å². The highest BCUT2D eigenvalue weighted by Gasteiger charge is 2.28. The number of fused-ring (bicyclic) bond motifs is 3. The Balaban J connectivity index is 1.62. The van der Waals surface area contributed by atoms with Crippen LogP contribution in [0.2, 0.25) is 0 Å². The van der Waals surface area contributed by atoms with Gasteiger partial charge in [-0.1, -0.05) is 12.1 Å². The van der Waals surface area contributed by atoms with E-state index in [4.69, 9.17) is 9.72 Å². The Kier molecular flexibility index (Phi) is 5.10. The highest BCUT2D eigenvalue weighted by atomic mass is 16.5. The monoisotopic (exact) mass is 419 g/mol. The summed E-state index contributed by atoms with van der Waals surface area (Å²) in [4.78, 5) is 12.9. The topological polar surface area (TPSA) is 36.2 Å². The number of ether oxygens (including phenoxy) is 1. The van der Waals surface area contributed by atoms with Gasteiger partial charge in [-0.25, -0.2) is 4.98 Å². The second-order valence-electron chi connectivity index (χ2n) is 9.19. The first-order valence-corrected chi connectivity index (χ1v) is 12.2. The predicted octanol–water partition coefficient (Wildman–Crippen LogP) is 4.30. The molecule has 0 radical (unpaired) electrons. The van der Waals surface area contributed by atoms with Crippen LogP contribution in [0.4, 0.5) is 17.3 Å². The fourth-order valence-electron chi connectivity index (χ4n) is 5.60. The van der Waals surface area contributed by atoms with E-state index in [0.717, 1.165) is 63.8 Å². The van der Waals surface area contributed by atoms with Crippen molar-refractivity contribution >= 4 is 33.9 Å². The van der Waals surface area contributed by atoms with Crippen LogP contribution in [-0.2, 0) is 4.74 Å². The minimum Gasteiger partial charge on any atom is -0.378 e. The van der Waals surface area contributed by atoms with Crippen molar-refractivity contribution in [2.45, 2.75) is 38.5 Å². The third-order valence-electron chi connectivity index (χ3n) is 7.20. The lowest BCUT2D eigenvalue weighted by Gasteiger charge is -2.34. The third-order valence-corrected chi connectivity index (χ3v) is 7.20. The number of benzene rings is 1. The van der Waals surface area contributed by atoms with Crippen molar-refractivity contribution in [1.82, 2.24) is 9.38 Å². The number of nitrogens with zero attached hydrogens (tertiary/aromatic N) is 5. The van der Waals surface area contributed by atoms with Gasteiger partial charge in [0.1, 0.15) is 5.82 Å². The molecule has 31 heavy (non-hydrogen) atoms. The van der Waals surface area contributed by atoms with Crippen LogP contribution in [0.25, 0.3) is 16.6 Å². The molecule has 0 unspecified atom stereocenters. The Bertz CT molecular complexity index is 1060. The molecule has 2 aromatic heterocycles. The van der Waals surface area contributed by atoms with E-state index >= 15 is 0 Å². The van der Waals surface area contributed by atoms with Crippen molar-refractivity contribution < 1.29 is 4.74 Å². The molecule has 164 valence electrons. The van der Waals surface area contributed by atoms with Crippen LogP contribution in [0, 0.1) is 0 Å². The number of morpholine rings is 1. The number of rotatable bonds is 3.